The molecule has 1 rings (SSSR count). The summed E-state index contributed by atoms with van der Waals surface area (Å²) in [6.07, 6.45) is 0. The molecule has 1 unspecified atom stereocenters. The van der Waals surface area contributed by atoms with E-state index < -0.39 is 17.0 Å². The van der Waals surface area contributed by atoms with Crippen molar-refractivity contribution >= 4 is 17.0 Å². The molecule has 0 saturated heterocycles. The Morgan fingerprint density at radius 3 is 2.77 bits per heavy atom. The number of rotatable bonds is 2. The van der Waals surface area contributed by atoms with E-state index in [1.807, 2.05) is 5.43 Å². The number of hydrazine groups is 1. The van der Waals surface area contributed by atoms with Crippen molar-refractivity contribution in [2.24, 2.45) is 5.84 Å². The fourth-order valence-corrected chi connectivity index (χ4v) is 1.25. The van der Waals surface area contributed by atoms with Gasteiger partial charge >= 0.3 is 0 Å². The molecule has 0 aromatic heterocycles. The van der Waals surface area contributed by atoms with Crippen LogP contribution in [-0.4, -0.2) is 14.7 Å². The van der Waals surface area contributed by atoms with Gasteiger partial charge in [-0.15, -0.1) is 0 Å². The van der Waals surface area contributed by atoms with Crippen LogP contribution in [0.1, 0.15) is 10.4 Å². The summed E-state index contributed by atoms with van der Waals surface area (Å²) in [7, 11) is 0. The normalized spacial score (nSPS) is 12.2. The van der Waals surface area contributed by atoms with Crippen molar-refractivity contribution < 1.29 is 13.6 Å². The van der Waals surface area contributed by atoms with E-state index in [0.29, 0.717) is 0 Å². The molecule has 0 aliphatic carbocycles. The first-order valence-corrected chi connectivity index (χ1v) is 4.47. The first kappa shape index (κ1) is 9.85. The second kappa shape index (κ2) is 4.13. The van der Waals surface area contributed by atoms with Crippen molar-refractivity contribution in [1.82, 2.24) is 5.43 Å². The maximum atomic E-state index is 11.0. The zero-order valence-corrected chi connectivity index (χ0v) is 7.38. The molecule has 0 saturated carbocycles. The van der Waals surface area contributed by atoms with Crippen molar-refractivity contribution in [1.29, 1.82) is 0 Å². The predicted octanol–water partition coefficient (Wildman–Crippen LogP) is -0.129. The predicted molar refractivity (Wildman–Crippen MR) is 47.1 cm³/mol. The number of hydrogen-bond donors (Lipinski definition) is 3. The molecule has 0 aliphatic heterocycles. The second-order valence-corrected chi connectivity index (χ2v) is 3.22. The molecule has 0 heterocycles. The standard InChI is InChI=1S/C7H8N2O3S/c8-9-7(10)5-2-1-3-6(4-5)13(11)12/h1-4H,8H2,(H,9,10)(H,11,12). The molecular formula is C7H8N2O3S. The quantitative estimate of drug-likeness (QED) is 0.268. The van der Waals surface area contributed by atoms with Crippen molar-refractivity contribution in [2.45, 2.75) is 4.90 Å². The molecule has 0 aliphatic rings. The monoisotopic (exact) mass is 200 g/mol. The van der Waals surface area contributed by atoms with Crippen LogP contribution in [0.3, 0.4) is 0 Å². The highest BCUT2D eigenvalue weighted by Gasteiger charge is 2.06. The zero-order chi connectivity index (χ0) is 9.84. The fraction of sp³-hybridized carbons (Fsp3) is 0. The molecule has 0 radical (unpaired) electrons. The van der Waals surface area contributed by atoms with E-state index in [2.05, 4.69) is 0 Å². The summed E-state index contributed by atoms with van der Waals surface area (Å²) in [5, 5.41) is 0. The lowest BCUT2D eigenvalue weighted by Gasteiger charge is -2.00. The van der Waals surface area contributed by atoms with Crippen LogP contribution >= 0.6 is 0 Å². The number of hydrogen-bond acceptors (Lipinski definition) is 3. The van der Waals surface area contributed by atoms with Gasteiger partial charge in [0.2, 0.25) is 0 Å². The molecular weight excluding hydrogens is 192 g/mol. The summed E-state index contributed by atoms with van der Waals surface area (Å²) < 4.78 is 19.3. The molecule has 5 nitrogen and oxygen atoms in total. The summed E-state index contributed by atoms with van der Waals surface area (Å²) in [5.41, 5.74) is 2.18. The molecule has 0 spiro atoms. The van der Waals surface area contributed by atoms with Crippen LogP contribution in [0.25, 0.3) is 0 Å². The molecule has 70 valence electrons. The highest BCUT2D eigenvalue weighted by atomic mass is 32.2. The van der Waals surface area contributed by atoms with Crippen molar-refractivity contribution in [3.8, 4) is 0 Å². The third kappa shape index (κ3) is 2.35. The Hall–Kier alpha value is -1.24. The van der Waals surface area contributed by atoms with Crippen LogP contribution in [-0.2, 0) is 11.1 Å². The van der Waals surface area contributed by atoms with Gasteiger partial charge in [0.25, 0.3) is 5.91 Å². The van der Waals surface area contributed by atoms with Crippen LogP contribution in [0.15, 0.2) is 29.2 Å². The van der Waals surface area contributed by atoms with Crippen LogP contribution in [0.4, 0.5) is 0 Å². The lowest BCUT2D eigenvalue weighted by molar-refractivity contribution is 0.0953. The van der Waals surface area contributed by atoms with Crippen LogP contribution in [0.2, 0.25) is 0 Å². The number of carbonyl (C=O) groups is 1. The summed E-state index contributed by atoms with van der Waals surface area (Å²) in [6, 6.07) is 5.76. The van der Waals surface area contributed by atoms with Gasteiger partial charge in [-0.05, 0) is 18.2 Å². The van der Waals surface area contributed by atoms with Gasteiger partial charge < -0.3 is 4.55 Å². The van der Waals surface area contributed by atoms with Crippen LogP contribution < -0.4 is 11.3 Å². The van der Waals surface area contributed by atoms with Crippen molar-refractivity contribution in [3.63, 3.8) is 0 Å². The number of amides is 1. The minimum Gasteiger partial charge on any atom is -0.302 e. The molecule has 0 bridgehead atoms. The minimum absolute atomic E-state index is 0.168. The van der Waals surface area contributed by atoms with E-state index in [1.54, 1.807) is 0 Å². The fourth-order valence-electron chi connectivity index (χ4n) is 0.829. The molecule has 1 aromatic rings. The van der Waals surface area contributed by atoms with Crippen LogP contribution in [0.5, 0.6) is 0 Å². The molecule has 6 heteroatoms. The Morgan fingerprint density at radius 1 is 1.54 bits per heavy atom. The van der Waals surface area contributed by atoms with Gasteiger partial charge in [0, 0.05) is 5.56 Å². The molecule has 1 atom stereocenters. The Morgan fingerprint density at radius 2 is 2.23 bits per heavy atom. The van der Waals surface area contributed by atoms with E-state index >= 15 is 0 Å². The maximum Gasteiger partial charge on any atom is 0.265 e. The number of nitrogen functional groups attached to an aromatic ring is 1. The smallest absolute Gasteiger partial charge is 0.265 e. The largest absolute Gasteiger partial charge is 0.302 e. The van der Waals surface area contributed by atoms with Crippen molar-refractivity contribution in [3.05, 3.63) is 29.8 Å². The summed E-state index contributed by atoms with van der Waals surface area (Å²) in [6.45, 7) is 0. The molecule has 1 aromatic carbocycles. The number of nitrogens with one attached hydrogen (secondary N) is 1. The van der Waals surface area contributed by atoms with E-state index in [0.717, 1.165) is 0 Å². The molecule has 4 N–H and O–H groups in total. The van der Waals surface area contributed by atoms with Gasteiger partial charge in [-0.3, -0.25) is 10.2 Å². The molecule has 0 fully saturated rings. The minimum atomic E-state index is -2.08. The first-order chi connectivity index (χ1) is 6.15. The summed E-state index contributed by atoms with van der Waals surface area (Å²) in [5.74, 6) is 4.40. The Balaban J connectivity index is 3.05. The van der Waals surface area contributed by atoms with E-state index in [4.69, 9.17) is 10.4 Å². The van der Waals surface area contributed by atoms with Crippen LogP contribution in [0, 0.1) is 0 Å². The molecule has 13 heavy (non-hydrogen) atoms. The number of benzene rings is 1. The van der Waals surface area contributed by atoms with E-state index in [-0.39, 0.29) is 10.5 Å². The second-order valence-electron chi connectivity index (χ2n) is 2.25. The summed E-state index contributed by atoms with van der Waals surface area (Å²) in [4.78, 5) is 11.1. The van der Waals surface area contributed by atoms with E-state index in [1.165, 1.54) is 24.3 Å². The maximum absolute atomic E-state index is 11.0. The third-order valence-corrected chi connectivity index (χ3v) is 2.09. The lowest BCUT2D eigenvalue weighted by Crippen LogP contribution is -2.29. The topological polar surface area (TPSA) is 92.4 Å². The van der Waals surface area contributed by atoms with Gasteiger partial charge in [0.15, 0.2) is 11.1 Å². The van der Waals surface area contributed by atoms with Crippen molar-refractivity contribution in [2.75, 3.05) is 0 Å². The average molecular weight is 200 g/mol. The van der Waals surface area contributed by atoms with E-state index in [9.17, 15) is 9.00 Å². The van der Waals surface area contributed by atoms with Gasteiger partial charge in [0.1, 0.15) is 0 Å². The Bertz CT molecular complexity index is 353. The highest BCUT2D eigenvalue weighted by Crippen LogP contribution is 2.07. The number of carbonyl (C=O) groups excluding carboxylic acids is 1. The Labute approximate surface area is 77.2 Å². The third-order valence-electron chi connectivity index (χ3n) is 1.43. The summed E-state index contributed by atoms with van der Waals surface area (Å²) >= 11 is -2.08. The molecule has 1 amide bonds. The number of nitrogens with two attached hydrogens (primary N) is 1. The van der Waals surface area contributed by atoms with Gasteiger partial charge in [-0.2, -0.15) is 0 Å². The van der Waals surface area contributed by atoms with Gasteiger partial charge in [0.05, 0.1) is 4.90 Å². The lowest BCUT2D eigenvalue weighted by atomic mass is 10.2. The van der Waals surface area contributed by atoms with Gasteiger partial charge in [-0.1, -0.05) is 6.07 Å². The van der Waals surface area contributed by atoms with Gasteiger partial charge in [-0.25, -0.2) is 10.1 Å². The zero-order valence-electron chi connectivity index (χ0n) is 6.56. The first-order valence-electron chi connectivity index (χ1n) is 3.37. The average Bonchev–Trinajstić information content (AvgIpc) is 2.17. The SMILES string of the molecule is NNC(=O)c1cccc(S(=O)O)c1. The Kier molecular flexibility index (Phi) is 3.13. The highest BCUT2D eigenvalue weighted by molar-refractivity contribution is 7.79.